The van der Waals surface area contributed by atoms with E-state index in [1.54, 1.807) is 6.92 Å². The molecule has 0 atom stereocenters. The van der Waals surface area contributed by atoms with Gasteiger partial charge in [0.1, 0.15) is 29.0 Å². The van der Waals surface area contributed by atoms with Gasteiger partial charge in [-0.05, 0) is 69.0 Å². The second-order valence-electron chi connectivity index (χ2n) is 8.07. The Morgan fingerprint density at radius 3 is 2.06 bits per heavy atom. The average Bonchev–Trinajstić information content (AvgIpc) is 2.81. The minimum Gasteiger partial charge on any atom is -0.356 e. The van der Waals surface area contributed by atoms with Crippen LogP contribution in [0, 0.1) is 0 Å². The highest BCUT2D eigenvalue weighted by Gasteiger charge is 2.45. The molecule has 31 heavy (non-hydrogen) atoms. The molecule has 0 aliphatic heterocycles. The zero-order valence-corrected chi connectivity index (χ0v) is 19.3. The van der Waals surface area contributed by atoms with Crippen LogP contribution in [0.5, 0.6) is 0 Å². The smallest absolute Gasteiger partial charge is 0.220 e. The lowest BCUT2D eigenvalue weighted by molar-refractivity contribution is -0.121. The topological polar surface area (TPSA) is 46.2 Å². The Morgan fingerprint density at radius 1 is 0.871 bits per heavy atom. The van der Waals surface area contributed by atoms with Crippen molar-refractivity contribution in [1.82, 2.24) is 5.32 Å². The summed E-state index contributed by atoms with van der Waals surface area (Å²) in [6, 6.07) is 21.8. The van der Waals surface area contributed by atoms with E-state index in [9.17, 15) is 9.59 Å². The van der Waals surface area contributed by atoms with E-state index < -0.39 is 7.26 Å². The molecule has 0 aromatic heterocycles. The molecule has 3 nitrogen and oxygen atoms in total. The van der Waals surface area contributed by atoms with E-state index in [4.69, 9.17) is 0 Å². The van der Waals surface area contributed by atoms with Gasteiger partial charge in [-0.1, -0.05) is 42.5 Å². The zero-order chi connectivity index (χ0) is 21.9. The highest BCUT2D eigenvalue weighted by Crippen LogP contribution is 2.65. The van der Waals surface area contributed by atoms with Crippen LogP contribution < -0.4 is 15.9 Å². The summed E-state index contributed by atoms with van der Waals surface area (Å²) in [4.78, 5) is 23.2. The van der Waals surface area contributed by atoms with Gasteiger partial charge in [0.25, 0.3) is 0 Å². The molecule has 0 heterocycles. The summed E-state index contributed by atoms with van der Waals surface area (Å²) in [6.07, 6.45) is 13.1. The van der Waals surface area contributed by atoms with Crippen LogP contribution in [-0.2, 0) is 9.59 Å². The minimum atomic E-state index is -1.77. The Bertz CT molecular complexity index is 879. The molecule has 0 saturated heterocycles. The maximum atomic E-state index is 12.2. The van der Waals surface area contributed by atoms with Gasteiger partial charge in [0, 0.05) is 19.4 Å². The van der Waals surface area contributed by atoms with Gasteiger partial charge in [-0.2, -0.15) is 0 Å². The summed E-state index contributed by atoms with van der Waals surface area (Å²) in [5.41, 5.74) is 0. The maximum absolute atomic E-state index is 12.2. The Hall–Kier alpha value is -2.51. The molecule has 1 amide bonds. The largest absolute Gasteiger partial charge is 0.356 e. The van der Waals surface area contributed by atoms with Crippen LogP contribution in [0.2, 0.25) is 0 Å². The molecule has 0 unspecified atom stereocenters. The van der Waals surface area contributed by atoms with Crippen molar-refractivity contribution in [2.24, 2.45) is 0 Å². The first-order valence-corrected chi connectivity index (χ1v) is 13.2. The third-order valence-electron chi connectivity index (χ3n) is 5.76. The molecule has 1 N–H and O–H groups in total. The van der Waals surface area contributed by atoms with E-state index >= 15 is 0 Å². The van der Waals surface area contributed by atoms with Crippen molar-refractivity contribution in [2.45, 2.75) is 45.4 Å². The number of benzene rings is 2. The number of Topliss-reactive ketones (excluding diaryl/α,β-unsaturated/α-hetero) is 1. The number of allylic oxidation sites excluding steroid dienone is 4. The number of unbranched alkanes of at least 4 members (excludes halogenated alkanes) is 1. The number of hydrogen-bond acceptors (Lipinski definition) is 2. The lowest BCUT2D eigenvalue weighted by Gasteiger charge is -2.29. The molecule has 0 saturated carbocycles. The van der Waals surface area contributed by atoms with Gasteiger partial charge in [0.2, 0.25) is 5.91 Å². The predicted octanol–water partition coefficient (Wildman–Crippen LogP) is 5.15. The molecular weight excluding hydrogens is 401 g/mol. The SMILES string of the molecule is CC(=O)CCNC(=O)CCCC[P+](C1=CCCC=C1)(c1ccccc1)c1ccccc1. The number of carbonyl (C=O) groups is 2. The second kappa shape index (κ2) is 11.8. The van der Waals surface area contributed by atoms with Crippen LogP contribution in [0.1, 0.15) is 45.4 Å². The van der Waals surface area contributed by atoms with Crippen LogP contribution in [0.4, 0.5) is 0 Å². The fourth-order valence-electron chi connectivity index (χ4n) is 4.18. The minimum absolute atomic E-state index is 0.0429. The molecule has 162 valence electrons. The van der Waals surface area contributed by atoms with Crippen LogP contribution in [0.3, 0.4) is 0 Å². The van der Waals surface area contributed by atoms with E-state index in [0.29, 0.717) is 19.4 Å². The summed E-state index contributed by atoms with van der Waals surface area (Å²) in [7, 11) is -1.77. The van der Waals surface area contributed by atoms with E-state index in [1.807, 2.05) is 0 Å². The molecular formula is C27H33NO2P+. The zero-order valence-electron chi connectivity index (χ0n) is 18.4. The van der Waals surface area contributed by atoms with E-state index in [0.717, 1.165) is 31.8 Å². The standard InChI is InChI=1S/C27H32NO2P/c1-23(29)20-21-28-27(30)19-11-12-22-31(24-13-5-2-6-14-24,25-15-7-3-8-16-25)26-17-9-4-10-18-26/h2-3,5-9,13-18H,4,10-12,19-22H2,1H3/p+1. The van der Waals surface area contributed by atoms with Gasteiger partial charge >= 0.3 is 0 Å². The summed E-state index contributed by atoms with van der Waals surface area (Å²) in [5.74, 6) is 0.149. The van der Waals surface area contributed by atoms with E-state index in [-0.39, 0.29) is 11.7 Å². The van der Waals surface area contributed by atoms with Crippen LogP contribution >= 0.6 is 7.26 Å². The molecule has 4 heteroatoms. The molecule has 0 radical (unpaired) electrons. The molecule has 0 spiro atoms. The Labute approximate surface area is 187 Å². The Kier molecular flexibility index (Phi) is 8.79. The van der Waals surface area contributed by atoms with Gasteiger partial charge in [0.05, 0.1) is 6.16 Å². The lowest BCUT2D eigenvalue weighted by Crippen LogP contribution is -2.27. The number of rotatable bonds is 11. The highest BCUT2D eigenvalue weighted by molar-refractivity contribution is 7.93. The third kappa shape index (κ3) is 6.24. The summed E-state index contributed by atoms with van der Waals surface area (Å²) < 4.78 is 0. The molecule has 3 rings (SSSR count). The average molecular weight is 435 g/mol. The van der Waals surface area contributed by atoms with Crippen LogP contribution in [-0.4, -0.2) is 24.4 Å². The van der Waals surface area contributed by atoms with Crippen molar-refractivity contribution < 1.29 is 9.59 Å². The normalized spacial score (nSPS) is 13.5. The molecule has 2 aromatic rings. The first-order chi connectivity index (χ1) is 15.1. The van der Waals surface area contributed by atoms with Crippen LogP contribution in [0.25, 0.3) is 0 Å². The number of nitrogens with one attached hydrogen (secondary N) is 1. The van der Waals surface area contributed by atoms with Gasteiger partial charge in [0.15, 0.2) is 0 Å². The predicted molar refractivity (Wildman–Crippen MR) is 133 cm³/mol. The Balaban J connectivity index is 1.80. The van der Waals surface area contributed by atoms with E-state index in [1.165, 1.54) is 15.9 Å². The molecule has 1 aliphatic carbocycles. The fraction of sp³-hybridized carbons (Fsp3) is 0.333. The Morgan fingerprint density at radius 2 is 1.52 bits per heavy atom. The van der Waals surface area contributed by atoms with Gasteiger partial charge < -0.3 is 5.32 Å². The van der Waals surface area contributed by atoms with Crippen LogP contribution in [0.15, 0.2) is 84.2 Å². The van der Waals surface area contributed by atoms with Crippen molar-refractivity contribution >= 4 is 29.6 Å². The lowest BCUT2D eigenvalue weighted by atomic mass is 10.2. The van der Waals surface area contributed by atoms with Crippen molar-refractivity contribution in [3.8, 4) is 0 Å². The van der Waals surface area contributed by atoms with Gasteiger partial charge in [-0.15, -0.1) is 0 Å². The number of ketones is 1. The molecule has 0 fully saturated rings. The highest BCUT2D eigenvalue weighted by atomic mass is 31.2. The van der Waals surface area contributed by atoms with Crippen molar-refractivity contribution in [3.63, 3.8) is 0 Å². The van der Waals surface area contributed by atoms with Crippen molar-refractivity contribution in [3.05, 3.63) is 84.2 Å². The van der Waals surface area contributed by atoms with E-state index in [2.05, 4.69) is 84.2 Å². The van der Waals surface area contributed by atoms with Gasteiger partial charge in [-0.3, -0.25) is 9.59 Å². The summed E-state index contributed by atoms with van der Waals surface area (Å²) in [6.45, 7) is 1.99. The van der Waals surface area contributed by atoms with Gasteiger partial charge in [-0.25, -0.2) is 0 Å². The van der Waals surface area contributed by atoms with Crippen molar-refractivity contribution in [2.75, 3.05) is 12.7 Å². The first kappa shape index (κ1) is 23.2. The second-order valence-corrected chi connectivity index (χ2v) is 11.7. The molecule has 0 bridgehead atoms. The first-order valence-electron chi connectivity index (χ1n) is 11.3. The third-order valence-corrected chi connectivity index (χ3v) is 10.3. The molecule has 1 aliphatic rings. The number of carbonyl (C=O) groups excluding carboxylic acids is 2. The molecule has 2 aromatic carbocycles. The number of amides is 1. The monoisotopic (exact) mass is 434 g/mol. The quantitative estimate of drug-likeness (QED) is 0.393. The van der Waals surface area contributed by atoms with Crippen molar-refractivity contribution in [1.29, 1.82) is 0 Å². The fourth-order valence-corrected chi connectivity index (χ4v) is 8.71. The number of hydrogen-bond donors (Lipinski definition) is 1. The summed E-state index contributed by atoms with van der Waals surface area (Å²) in [5, 5.41) is 7.14. The summed E-state index contributed by atoms with van der Waals surface area (Å²) >= 11 is 0. The maximum Gasteiger partial charge on any atom is 0.220 e.